The van der Waals surface area contributed by atoms with Crippen LogP contribution in [0.1, 0.15) is 30.6 Å². The lowest BCUT2D eigenvalue weighted by Crippen LogP contribution is -2.16. The van der Waals surface area contributed by atoms with Crippen molar-refractivity contribution in [3.63, 3.8) is 0 Å². The number of nitriles is 1. The zero-order chi connectivity index (χ0) is 16.0. The molecule has 0 aromatic heterocycles. The van der Waals surface area contributed by atoms with Crippen LogP contribution in [0.25, 0.3) is 0 Å². The largest absolute Gasteiger partial charge is 0.493 e. The lowest BCUT2D eigenvalue weighted by Gasteiger charge is -2.17. The normalized spacial score (nSPS) is 11.7. The van der Waals surface area contributed by atoms with Gasteiger partial charge in [0.15, 0.2) is 17.3 Å². The lowest BCUT2D eigenvalue weighted by molar-refractivity contribution is 0.0933. The molecule has 0 saturated heterocycles. The molecule has 0 spiro atoms. The van der Waals surface area contributed by atoms with Crippen LogP contribution < -0.4 is 14.2 Å². The molecule has 0 bridgehead atoms. The van der Waals surface area contributed by atoms with E-state index in [0.29, 0.717) is 29.2 Å². The Hall–Kier alpha value is -2.22. The standard InChI is InChI=1S/C16H21NO4/c1-10(2)8-11(9-17)14(18)12-6-7-13(19-3)16(21-5)15(12)20-4/h6-7,10-11H,8H2,1-5H3. The highest BCUT2D eigenvalue weighted by Gasteiger charge is 2.27. The van der Waals surface area contributed by atoms with E-state index in [9.17, 15) is 10.1 Å². The number of benzene rings is 1. The van der Waals surface area contributed by atoms with Crippen molar-refractivity contribution >= 4 is 5.78 Å². The minimum Gasteiger partial charge on any atom is -0.493 e. The van der Waals surface area contributed by atoms with E-state index in [4.69, 9.17) is 14.2 Å². The van der Waals surface area contributed by atoms with E-state index < -0.39 is 5.92 Å². The quantitative estimate of drug-likeness (QED) is 0.722. The molecule has 0 saturated carbocycles. The molecule has 0 aliphatic rings. The first-order chi connectivity index (χ1) is 9.99. The fourth-order valence-electron chi connectivity index (χ4n) is 2.17. The summed E-state index contributed by atoms with van der Waals surface area (Å²) in [4.78, 5) is 12.6. The topological polar surface area (TPSA) is 68.6 Å². The van der Waals surface area contributed by atoms with Gasteiger partial charge in [0.2, 0.25) is 5.75 Å². The number of ketones is 1. The first-order valence-corrected chi connectivity index (χ1v) is 6.72. The average Bonchev–Trinajstić information content (AvgIpc) is 2.49. The van der Waals surface area contributed by atoms with E-state index in [-0.39, 0.29) is 11.7 Å². The van der Waals surface area contributed by atoms with Gasteiger partial charge in [0.05, 0.1) is 33.0 Å². The van der Waals surface area contributed by atoms with Crippen LogP contribution in [0, 0.1) is 23.2 Å². The van der Waals surface area contributed by atoms with Gasteiger partial charge in [-0.15, -0.1) is 0 Å². The predicted octanol–water partition coefficient (Wildman–Crippen LogP) is 3.08. The molecule has 21 heavy (non-hydrogen) atoms. The third-order valence-corrected chi connectivity index (χ3v) is 3.15. The third-order valence-electron chi connectivity index (χ3n) is 3.15. The smallest absolute Gasteiger partial charge is 0.204 e. The highest BCUT2D eigenvalue weighted by Crippen LogP contribution is 2.40. The summed E-state index contributed by atoms with van der Waals surface area (Å²) in [6.45, 7) is 3.95. The Kier molecular flexibility index (Phi) is 6.04. The molecule has 5 heteroatoms. The summed E-state index contributed by atoms with van der Waals surface area (Å²) < 4.78 is 15.7. The van der Waals surface area contributed by atoms with Gasteiger partial charge in [-0.3, -0.25) is 4.79 Å². The predicted molar refractivity (Wildman–Crippen MR) is 79.0 cm³/mol. The van der Waals surface area contributed by atoms with Gasteiger partial charge in [0.1, 0.15) is 5.92 Å². The summed E-state index contributed by atoms with van der Waals surface area (Å²) >= 11 is 0. The Morgan fingerprint density at radius 3 is 2.19 bits per heavy atom. The maximum absolute atomic E-state index is 12.6. The maximum atomic E-state index is 12.6. The van der Waals surface area contributed by atoms with Crippen LogP contribution in [0.15, 0.2) is 12.1 Å². The number of ether oxygens (including phenoxy) is 3. The fraction of sp³-hybridized carbons (Fsp3) is 0.500. The second-order valence-corrected chi connectivity index (χ2v) is 5.06. The van der Waals surface area contributed by atoms with Gasteiger partial charge in [-0.1, -0.05) is 13.8 Å². The highest BCUT2D eigenvalue weighted by molar-refractivity contribution is 6.02. The van der Waals surface area contributed by atoms with Crippen LogP contribution in [-0.2, 0) is 0 Å². The minimum absolute atomic E-state index is 0.254. The molecule has 1 rings (SSSR count). The fourth-order valence-corrected chi connectivity index (χ4v) is 2.17. The van der Waals surface area contributed by atoms with Crippen molar-refractivity contribution in [1.82, 2.24) is 0 Å². The van der Waals surface area contributed by atoms with Gasteiger partial charge in [0, 0.05) is 0 Å². The summed E-state index contributed by atoms with van der Waals surface area (Å²) in [6.07, 6.45) is 0.507. The second kappa shape index (κ2) is 7.53. The van der Waals surface area contributed by atoms with E-state index in [1.807, 2.05) is 13.8 Å². The number of methoxy groups -OCH3 is 3. The molecule has 1 atom stereocenters. The number of carbonyl (C=O) groups is 1. The zero-order valence-electron chi connectivity index (χ0n) is 13.1. The second-order valence-electron chi connectivity index (χ2n) is 5.06. The van der Waals surface area contributed by atoms with Crippen LogP contribution in [0.4, 0.5) is 0 Å². The van der Waals surface area contributed by atoms with E-state index >= 15 is 0 Å². The summed E-state index contributed by atoms with van der Waals surface area (Å²) in [5.41, 5.74) is 0.336. The van der Waals surface area contributed by atoms with Gasteiger partial charge in [-0.05, 0) is 24.5 Å². The molecule has 0 amide bonds. The number of rotatable bonds is 7. The van der Waals surface area contributed by atoms with Crippen LogP contribution in [0.5, 0.6) is 17.2 Å². The first kappa shape index (κ1) is 16.8. The summed E-state index contributed by atoms with van der Waals surface area (Å²) in [5.74, 6) is 0.423. The molecule has 114 valence electrons. The number of nitrogens with zero attached hydrogens (tertiary/aromatic N) is 1. The Morgan fingerprint density at radius 1 is 1.14 bits per heavy atom. The molecular weight excluding hydrogens is 270 g/mol. The van der Waals surface area contributed by atoms with Crippen molar-refractivity contribution < 1.29 is 19.0 Å². The first-order valence-electron chi connectivity index (χ1n) is 6.72. The molecule has 0 radical (unpaired) electrons. The number of hydrogen-bond acceptors (Lipinski definition) is 5. The van der Waals surface area contributed by atoms with E-state index in [1.165, 1.54) is 21.3 Å². The van der Waals surface area contributed by atoms with Gasteiger partial charge in [0.25, 0.3) is 0 Å². The summed E-state index contributed by atoms with van der Waals surface area (Å²) in [5, 5.41) is 9.23. The van der Waals surface area contributed by atoms with Crippen LogP contribution in [-0.4, -0.2) is 27.1 Å². The van der Waals surface area contributed by atoms with Gasteiger partial charge >= 0.3 is 0 Å². The van der Waals surface area contributed by atoms with E-state index in [2.05, 4.69) is 6.07 Å². The molecule has 0 heterocycles. The van der Waals surface area contributed by atoms with Crippen molar-refractivity contribution in [3.8, 4) is 23.3 Å². The Bertz CT molecular complexity index is 546. The average molecular weight is 291 g/mol. The molecule has 1 aromatic rings. The maximum Gasteiger partial charge on any atom is 0.204 e. The van der Waals surface area contributed by atoms with Crippen LogP contribution in [0.2, 0.25) is 0 Å². The van der Waals surface area contributed by atoms with Gasteiger partial charge < -0.3 is 14.2 Å². The lowest BCUT2D eigenvalue weighted by atomic mass is 9.90. The van der Waals surface area contributed by atoms with Gasteiger partial charge in [-0.25, -0.2) is 0 Å². The molecule has 0 aliphatic carbocycles. The van der Waals surface area contributed by atoms with Crippen molar-refractivity contribution in [2.24, 2.45) is 11.8 Å². The van der Waals surface area contributed by atoms with Crippen LogP contribution >= 0.6 is 0 Å². The molecular formula is C16H21NO4. The number of hydrogen-bond donors (Lipinski definition) is 0. The Balaban J connectivity index is 3.30. The van der Waals surface area contributed by atoms with E-state index in [0.717, 1.165) is 0 Å². The molecule has 5 nitrogen and oxygen atoms in total. The minimum atomic E-state index is -0.697. The molecule has 0 fully saturated rings. The number of carbonyl (C=O) groups excluding carboxylic acids is 1. The van der Waals surface area contributed by atoms with Crippen molar-refractivity contribution in [2.75, 3.05) is 21.3 Å². The highest BCUT2D eigenvalue weighted by atomic mass is 16.5. The Morgan fingerprint density at radius 2 is 1.76 bits per heavy atom. The van der Waals surface area contributed by atoms with Crippen molar-refractivity contribution in [3.05, 3.63) is 17.7 Å². The zero-order valence-corrected chi connectivity index (χ0v) is 13.1. The molecule has 0 aliphatic heterocycles. The summed E-state index contributed by atoms with van der Waals surface area (Å²) in [6, 6.07) is 5.31. The summed E-state index contributed by atoms with van der Waals surface area (Å²) in [7, 11) is 4.44. The molecule has 1 aromatic carbocycles. The van der Waals surface area contributed by atoms with Gasteiger partial charge in [-0.2, -0.15) is 5.26 Å². The van der Waals surface area contributed by atoms with E-state index in [1.54, 1.807) is 12.1 Å². The monoisotopic (exact) mass is 291 g/mol. The molecule has 0 N–H and O–H groups in total. The van der Waals surface area contributed by atoms with Crippen molar-refractivity contribution in [1.29, 1.82) is 5.26 Å². The SMILES string of the molecule is COc1ccc(C(=O)C(C#N)CC(C)C)c(OC)c1OC. The van der Waals surface area contributed by atoms with Crippen molar-refractivity contribution in [2.45, 2.75) is 20.3 Å². The Labute approximate surface area is 125 Å². The van der Waals surface area contributed by atoms with Crippen LogP contribution in [0.3, 0.4) is 0 Å². The molecule has 1 unspecified atom stereocenters. The number of Topliss-reactive ketones (excluding diaryl/α,β-unsaturated/α-hetero) is 1. The third kappa shape index (κ3) is 3.66.